The average Bonchev–Trinajstić information content (AvgIpc) is 3.05. The molecular formula is C43H54N2. The number of hydrogen-bond acceptors (Lipinski definition) is 2. The molecule has 3 aromatic rings. The van der Waals surface area contributed by atoms with Crippen LogP contribution in [0.5, 0.6) is 0 Å². The average molecular weight is 599 g/mol. The van der Waals surface area contributed by atoms with Crippen molar-refractivity contribution in [2.24, 2.45) is 10.9 Å². The van der Waals surface area contributed by atoms with Gasteiger partial charge in [0, 0.05) is 12.4 Å². The summed E-state index contributed by atoms with van der Waals surface area (Å²) in [4.78, 5) is 7.54. The molecule has 0 heterocycles. The topological polar surface area (TPSA) is 15.6 Å². The van der Waals surface area contributed by atoms with Gasteiger partial charge in [-0.05, 0) is 132 Å². The van der Waals surface area contributed by atoms with E-state index in [2.05, 4.69) is 126 Å². The summed E-state index contributed by atoms with van der Waals surface area (Å²) in [6.45, 7) is 24.0. The third-order valence-corrected chi connectivity index (χ3v) is 8.57. The molecule has 0 saturated carbocycles. The van der Waals surface area contributed by atoms with Crippen LogP contribution >= 0.6 is 0 Å². The van der Waals surface area contributed by atoms with Crippen molar-refractivity contribution in [1.29, 1.82) is 0 Å². The van der Waals surface area contributed by atoms with Crippen molar-refractivity contribution >= 4 is 17.9 Å². The Morgan fingerprint density at radius 2 is 1.69 bits per heavy atom. The van der Waals surface area contributed by atoms with Crippen molar-refractivity contribution in [2.75, 3.05) is 13.1 Å². The van der Waals surface area contributed by atoms with Gasteiger partial charge < -0.3 is 0 Å². The van der Waals surface area contributed by atoms with Gasteiger partial charge in [-0.2, -0.15) is 0 Å². The molecule has 0 saturated heterocycles. The van der Waals surface area contributed by atoms with Crippen molar-refractivity contribution in [2.45, 2.75) is 86.6 Å². The summed E-state index contributed by atoms with van der Waals surface area (Å²) in [6.07, 6.45) is 17.7. The summed E-state index contributed by atoms with van der Waals surface area (Å²) < 4.78 is 0. The van der Waals surface area contributed by atoms with Gasteiger partial charge in [0.25, 0.3) is 0 Å². The Morgan fingerprint density at radius 3 is 2.36 bits per heavy atom. The van der Waals surface area contributed by atoms with E-state index in [1.165, 1.54) is 33.4 Å². The molecular weight excluding hydrogens is 544 g/mol. The number of fused-ring (bicyclic) bond motifs is 6. The van der Waals surface area contributed by atoms with Crippen LogP contribution in [0.2, 0.25) is 0 Å². The molecule has 1 unspecified atom stereocenters. The largest absolute Gasteiger partial charge is 0.286 e. The van der Waals surface area contributed by atoms with Crippen molar-refractivity contribution in [3.8, 4) is 12.3 Å². The van der Waals surface area contributed by atoms with E-state index in [0.717, 1.165) is 61.0 Å². The molecule has 0 fully saturated rings. The Balaban J connectivity index is 0.00000271. The summed E-state index contributed by atoms with van der Waals surface area (Å²) in [5, 5.41) is 0. The van der Waals surface area contributed by atoms with Crippen LogP contribution in [0, 0.1) is 25.2 Å². The van der Waals surface area contributed by atoms with Crippen molar-refractivity contribution < 1.29 is 0 Å². The van der Waals surface area contributed by atoms with Crippen molar-refractivity contribution in [1.82, 2.24) is 4.90 Å². The minimum absolute atomic E-state index is 0.376. The summed E-state index contributed by atoms with van der Waals surface area (Å²) in [6, 6.07) is 22.9. The highest BCUT2D eigenvalue weighted by atomic mass is 15.2. The first kappa shape index (κ1) is 35.5. The van der Waals surface area contributed by atoms with Crippen LogP contribution in [0.15, 0.2) is 90.1 Å². The van der Waals surface area contributed by atoms with Gasteiger partial charge in [-0.25, -0.2) is 0 Å². The van der Waals surface area contributed by atoms with E-state index >= 15 is 0 Å². The second-order valence-electron chi connectivity index (χ2n) is 12.2. The maximum atomic E-state index is 5.67. The lowest BCUT2D eigenvalue weighted by Crippen LogP contribution is -2.49. The molecule has 1 aliphatic rings. The molecule has 2 heteroatoms. The maximum Gasteiger partial charge on any atom is 0.0947 e. The third kappa shape index (κ3) is 8.02. The standard InChI is InChI=1S/C41H48N2.C2H6/c1-9-12-15-35-20-22-39-27-40(35)33(8)37-16-13-14-34(25-37)18-19-36-26-38(21-17-31(36)6)41(39,43(23-10-2)24-11-3)32(7)29-42-28-30(4)5;1-2/h1,12-17,20-22,25-30H,8,10-11,18-19,23-24H2,2-7H3;1-2H3/b15-12-,32-29+,42-28?;. The van der Waals surface area contributed by atoms with E-state index in [1.807, 2.05) is 26.1 Å². The normalized spacial score (nSPS) is 16.6. The van der Waals surface area contributed by atoms with E-state index < -0.39 is 5.54 Å². The van der Waals surface area contributed by atoms with Gasteiger partial charge in [0.15, 0.2) is 0 Å². The van der Waals surface area contributed by atoms with Gasteiger partial charge in [0.1, 0.15) is 0 Å². The zero-order valence-corrected chi connectivity index (χ0v) is 29.1. The molecule has 3 aromatic carbocycles. The first-order chi connectivity index (χ1) is 21.8. The number of aliphatic imine (C=N–C) groups is 1. The molecule has 0 N–H and O–H groups in total. The number of aryl methyl sites for hydroxylation is 3. The molecule has 1 atom stereocenters. The number of hydrogen-bond donors (Lipinski definition) is 0. The van der Waals surface area contributed by atoms with Crippen LogP contribution in [0.25, 0.3) is 11.6 Å². The minimum atomic E-state index is -0.515. The first-order valence-electron chi connectivity index (χ1n) is 16.9. The molecule has 6 bridgehead atoms. The van der Waals surface area contributed by atoms with Crippen LogP contribution in [0.3, 0.4) is 0 Å². The maximum absolute atomic E-state index is 5.67. The van der Waals surface area contributed by atoms with E-state index in [-0.39, 0.29) is 0 Å². The molecule has 1 aliphatic carbocycles. The number of allylic oxidation sites excluding steroid dienone is 1. The van der Waals surface area contributed by atoms with Gasteiger partial charge in [-0.15, -0.1) is 6.42 Å². The van der Waals surface area contributed by atoms with E-state index in [0.29, 0.717) is 5.92 Å². The Kier molecular flexibility index (Phi) is 13.4. The van der Waals surface area contributed by atoms with Gasteiger partial charge in [-0.1, -0.05) is 109 Å². The molecule has 2 nitrogen and oxygen atoms in total. The second-order valence-corrected chi connectivity index (χ2v) is 12.2. The number of rotatable bonds is 9. The second kappa shape index (κ2) is 17.0. The first-order valence-corrected chi connectivity index (χ1v) is 16.9. The molecule has 0 radical (unpaired) electrons. The van der Waals surface area contributed by atoms with Crippen molar-refractivity contribution in [3.63, 3.8) is 0 Å². The number of benzene rings is 3. The number of nitrogens with zero attached hydrogens (tertiary/aromatic N) is 2. The van der Waals surface area contributed by atoms with Crippen LogP contribution in [-0.2, 0) is 18.4 Å². The lowest BCUT2D eigenvalue weighted by Gasteiger charge is -2.46. The lowest BCUT2D eigenvalue weighted by atomic mass is 9.73. The fourth-order valence-electron chi connectivity index (χ4n) is 6.48. The Morgan fingerprint density at radius 1 is 1.00 bits per heavy atom. The summed E-state index contributed by atoms with van der Waals surface area (Å²) in [5.74, 6) is 3.06. The summed E-state index contributed by atoms with van der Waals surface area (Å²) in [7, 11) is 0. The van der Waals surface area contributed by atoms with Gasteiger partial charge in [0.05, 0.1) is 5.54 Å². The number of terminal acetylenes is 1. The fourth-order valence-corrected chi connectivity index (χ4v) is 6.48. The predicted molar refractivity (Wildman–Crippen MR) is 199 cm³/mol. The quantitative estimate of drug-likeness (QED) is 0.177. The SMILES string of the molecule is C#C/C=C\c1ccc2cc1C(=C)c1cccc(c1)CCc1cc(ccc1C)C2(/C(C)=C/N=CC(C)C)N(CCC)CCC.CC. The molecule has 4 rings (SSSR count). The highest BCUT2D eigenvalue weighted by molar-refractivity contribution is 5.84. The molecule has 236 valence electrons. The molecule has 0 spiro atoms. The Hall–Kier alpha value is -3.93. The smallest absolute Gasteiger partial charge is 0.0947 e. The monoisotopic (exact) mass is 598 g/mol. The third-order valence-electron chi connectivity index (χ3n) is 8.57. The van der Waals surface area contributed by atoms with Crippen LogP contribution in [-0.4, -0.2) is 24.2 Å². The van der Waals surface area contributed by atoms with Gasteiger partial charge in [0.2, 0.25) is 0 Å². The van der Waals surface area contributed by atoms with Crippen LogP contribution in [0.4, 0.5) is 0 Å². The highest BCUT2D eigenvalue weighted by Crippen LogP contribution is 2.45. The van der Waals surface area contributed by atoms with E-state index in [9.17, 15) is 0 Å². The Labute approximate surface area is 274 Å². The fraction of sp³-hybridized carbons (Fsp3) is 0.372. The highest BCUT2D eigenvalue weighted by Gasteiger charge is 2.42. The Bertz CT molecular complexity index is 1570. The van der Waals surface area contributed by atoms with Crippen LogP contribution < -0.4 is 0 Å². The summed E-state index contributed by atoms with van der Waals surface area (Å²) in [5.41, 5.74) is 11.6. The van der Waals surface area contributed by atoms with Crippen molar-refractivity contribution in [3.05, 3.63) is 130 Å². The molecule has 0 amide bonds. The van der Waals surface area contributed by atoms with E-state index in [1.54, 1.807) is 6.08 Å². The molecule has 0 aromatic heterocycles. The zero-order valence-electron chi connectivity index (χ0n) is 29.1. The van der Waals surface area contributed by atoms with Crippen LogP contribution in [0.1, 0.15) is 106 Å². The lowest BCUT2D eigenvalue weighted by molar-refractivity contribution is 0.152. The van der Waals surface area contributed by atoms with Gasteiger partial charge >= 0.3 is 0 Å². The van der Waals surface area contributed by atoms with Gasteiger partial charge in [-0.3, -0.25) is 9.89 Å². The molecule has 0 aliphatic heterocycles. The predicted octanol–water partition coefficient (Wildman–Crippen LogP) is 10.8. The minimum Gasteiger partial charge on any atom is -0.286 e. The summed E-state index contributed by atoms with van der Waals surface area (Å²) >= 11 is 0. The molecule has 45 heavy (non-hydrogen) atoms. The zero-order chi connectivity index (χ0) is 33.0. The van der Waals surface area contributed by atoms with E-state index in [4.69, 9.17) is 11.4 Å².